The molecule has 2 aromatic rings. The number of nitrogens with zero attached hydrogens (tertiary/aromatic N) is 1. The third-order valence-corrected chi connectivity index (χ3v) is 6.05. The zero-order valence-electron chi connectivity index (χ0n) is 17.7. The molecule has 0 aliphatic carbocycles. The molecule has 10 heteroatoms. The van der Waals surface area contributed by atoms with Gasteiger partial charge in [0.05, 0.1) is 16.5 Å². The van der Waals surface area contributed by atoms with Crippen molar-refractivity contribution < 1.29 is 24.0 Å². The molecule has 3 N–H and O–H groups in total. The van der Waals surface area contributed by atoms with Gasteiger partial charge in [0.2, 0.25) is 11.8 Å². The fraction of sp³-hybridized carbons (Fsp3) is 0.261. The lowest BCUT2D eigenvalue weighted by Crippen LogP contribution is -2.53. The second-order valence-electron chi connectivity index (χ2n) is 8.33. The number of piperidine rings is 1. The lowest BCUT2D eigenvalue weighted by Gasteiger charge is -2.34. The molecule has 2 aliphatic heterocycles. The van der Waals surface area contributed by atoms with Gasteiger partial charge in [-0.25, -0.2) is 4.79 Å². The highest BCUT2D eigenvalue weighted by atomic mass is 35.5. The Kier molecular flexibility index (Phi) is 5.90. The molecule has 9 nitrogen and oxygen atoms in total. The molecule has 2 heterocycles. The lowest BCUT2D eigenvalue weighted by atomic mass is 9.81. The van der Waals surface area contributed by atoms with Crippen molar-refractivity contribution in [2.45, 2.75) is 26.3 Å². The molecule has 1 fully saturated rings. The van der Waals surface area contributed by atoms with Crippen molar-refractivity contribution in [2.75, 3.05) is 11.9 Å². The van der Waals surface area contributed by atoms with E-state index in [2.05, 4.69) is 16.0 Å². The van der Waals surface area contributed by atoms with E-state index in [1.54, 1.807) is 43.3 Å². The number of hydrogen-bond acceptors (Lipinski definition) is 5. The predicted octanol–water partition coefficient (Wildman–Crippen LogP) is 2.70. The number of benzene rings is 2. The summed E-state index contributed by atoms with van der Waals surface area (Å²) in [6.07, 6.45) is 0.405. The number of carbonyl (C=O) groups excluding carboxylic acids is 5. The second-order valence-corrected chi connectivity index (χ2v) is 8.77. The molecule has 0 spiro atoms. The zero-order valence-corrected chi connectivity index (χ0v) is 18.5. The largest absolute Gasteiger partial charge is 0.334 e. The summed E-state index contributed by atoms with van der Waals surface area (Å²) < 4.78 is 0. The number of urea groups is 1. The first-order valence-corrected chi connectivity index (χ1v) is 10.7. The van der Waals surface area contributed by atoms with Crippen molar-refractivity contribution in [3.63, 3.8) is 0 Å². The highest BCUT2D eigenvalue weighted by Gasteiger charge is 2.45. The fourth-order valence-corrected chi connectivity index (χ4v) is 3.95. The molecule has 0 saturated carbocycles. The molecule has 2 aliphatic rings. The molecule has 170 valence electrons. The number of nitrogens with one attached hydrogen (secondary N) is 3. The average Bonchev–Trinajstić information content (AvgIpc) is 3.01. The first-order chi connectivity index (χ1) is 15.7. The normalized spacial score (nSPS) is 19.9. The van der Waals surface area contributed by atoms with Gasteiger partial charge in [0.25, 0.3) is 11.8 Å². The first-order valence-electron chi connectivity index (χ1n) is 10.3. The molecule has 1 saturated heterocycles. The maximum Gasteiger partial charge on any atom is 0.319 e. The number of fused-ring (bicyclic) bond motifs is 1. The number of imide groups is 2. The minimum atomic E-state index is -1.04. The van der Waals surface area contributed by atoms with E-state index in [0.29, 0.717) is 16.3 Å². The van der Waals surface area contributed by atoms with E-state index in [-0.39, 0.29) is 43.0 Å². The van der Waals surface area contributed by atoms with E-state index in [1.807, 2.05) is 0 Å². The van der Waals surface area contributed by atoms with Crippen LogP contribution < -0.4 is 16.0 Å². The van der Waals surface area contributed by atoms with Crippen LogP contribution in [0.5, 0.6) is 0 Å². The third-order valence-electron chi connectivity index (χ3n) is 5.80. The Morgan fingerprint density at radius 3 is 2.45 bits per heavy atom. The SMILES string of the molecule is CC1(CN2C(=O)c3ccc(CNC(=O)Nc4ccc(Cl)cc4)cc3C2=O)CCC(=O)NC1=O. The molecule has 1 atom stereocenters. The zero-order chi connectivity index (χ0) is 23.8. The van der Waals surface area contributed by atoms with Crippen molar-refractivity contribution in [2.24, 2.45) is 5.41 Å². The average molecular weight is 469 g/mol. The molecule has 33 heavy (non-hydrogen) atoms. The molecule has 0 aromatic heterocycles. The summed E-state index contributed by atoms with van der Waals surface area (Å²) in [5.41, 5.74) is 0.629. The summed E-state index contributed by atoms with van der Waals surface area (Å²) >= 11 is 5.83. The number of hydrogen-bond donors (Lipinski definition) is 3. The Hall–Kier alpha value is -3.72. The Labute approximate surface area is 194 Å². The van der Waals surface area contributed by atoms with Crippen LogP contribution in [0.1, 0.15) is 46.0 Å². The summed E-state index contributed by atoms with van der Waals surface area (Å²) in [5.74, 6) is -1.85. The molecule has 6 amide bonds. The van der Waals surface area contributed by atoms with Gasteiger partial charge in [-0.3, -0.25) is 29.4 Å². The van der Waals surface area contributed by atoms with Crippen LogP contribution in [0, 0.1) is 5.41 Å². The number of anilines is 1. The number of rotatable bonds is 5. The van der Waals surface area contributed by atoms with Crippen LogP contribution in [0.4, 0.5) is 10.5 Å². The van der Waals surface area contributed by atoms with E-state index in [9.17, 15) is 24.0 Å². The van der Waals surface area contributed by atoms with Crippen molar-refractivity contribution in [1.29, 1.82) is 0 Å². The predicted molar refractivity (Wildman–Crippen MR) is 120 cm³/mol. The number of halogens is 1. The van der Waals surface area contributed by atoms with Crippen LogP contribution >= 0.6 is 11.6 Å². The van der Waals surface area contributed by atoms with Gasteiger partial charge in [-0.05, 0) is 55.3 Å². The van der Waals surface area contributed by atoms with E-state index in [1.165, 1.54) is 6.07 Å². The van der Waals surface area contributed by atoms with Gasteiger partial charge < -0.3 is 10.6 Å². The van der Waals surface area contributed by atoms with Gasteiger partial charge in [-0.1, -0.05) is 17.7 Å². The lowest BCUT2D eigenvalue weighted by molar-refractivity contribution is -0.141. The van der Waals surface area contributed by atoms with Crippen LogP contribution in [0.2, 0.25) is 5.02 Å². The summed E-state index contributed by atoms with van der Waals surface area (Å²) in [6, 6.07) is 11.0. The quantitative estimate of drug-likeness (QED) is 0.582. The van der Waals surface area contributed by atoms with Crippen molar-refractivity contribution in [1.82, 2.24) is 15.5 Å². The molecule has 4 rings (SSSR count). The van der Waals surface area contributed by atoms with Gasteiger partial charge in [-0.2, -0.15) is 0 Å². The Balaban J connectivity index is 1.41. The van der Waals surface area contributed by atoms with Crippen LogP contribution in [-0.4, -0.2) is 41.1 Å². The summed E-state index contributed by atoms with van der Waals surface area (Å²) in [4.78, 5) is 62.7. The maximum absolute atomic E-state index is 12.9. The molecule has 2 aromatic carbocycles. The summed E-state index contributed by atoms with van der Waals surface area (Å²) in [6.45, 7) is 1.65. The van der Waals surface area contributed by atoms with Gasteiger partial charge in [0.1, 0.15) is 0 Å². The summed E-state index contributed by atoms with van der Waals surface area (Å²) in [5, 5.41) is 8.19. The van der Waals surface area contributed by atoms with Crippen LogP contribution in [0.25, 0.3) is 0 Å². The second kappa shape index (κ2) is 8.67. The summed E-state index contributed by atoms with van der Waals surface area (Å²) in [7, 11) is 0. The molecular formula is C23H21ClN4O5. The van der Waals surface area contributed by atoms with Crippen molar-refractivity contribution in [3.8, 4) is 0 Å². The van der Waals surface area contributed by atoms with Crippen LogP contribution in [0.15, 0.2) is 42.5 Å². The standard InChI is InChI=1S/C23H21ClN4O5/c1-23(9-8-18(29)27-21(23)32)12-28-19(30)16-7-2-13(10-17(16)20(28)31)11-25-22(33)26-15-5-3-14(24)4-6-15/h2-7,10H,8-9,11-12H2,1H3,(H2,25,26,33)(H,27,29,32). The Bertz CT molecular complexity index is 1180. The van der Waals surface area contributed by atoms with Crippen LogP contribution in [-0.2, 0) is 16.1 Å². The minimum Gasteiger partial charge on any atom is -0.334 e. The van der Waals surface area contributed by atoms with Gasteiger partial charge in [0, 0.05) is 30.2 Å². The first kappa shape index (κ1) is 22.5. The fourth-order valence-electron chi connectivity index (χ4n) is 3.83. The van der Waals surface area contributed by atoms with Gasteiger partial charge >= 0.3 is 6.03 Å². The third kappa shape index (κ3) is 4.58. The van der Waals surface area contributed by atoms with Crippen molar-refractivity contribution in [3.05, 3.63) is 64.2 Å². The molecule has 0 radical (unpaired) electrons. The van der Waals surface area contributed by atoms with Crippen LogP contribution in [0.3, 0.4) is 0 Å². The smallest absolute Gasteiger partial charge is 0.319 e. The number of amides is 6. The van der Waals surface area contributed by atoms with Crippen molar-refractivity contribution >= 4 is 46.9 Å². The molecular weight excluding hydrogens is 448 g/mol. The topological polar surface area (TPSA) is 125 Å². The van der Waals surface area contributed by atoms with E-state index in [0.717, 1.165) is 4.90 Å². The highest BCUT2D eigenvalue weighted by molar-refractivity contribution is 6.30. The van der Waals surface area contributed by atoms with Gasteiger partial charge in [0.15, 0.2) is 0 Å². The van der Waals surface area contributed by atoms with Gasteiger partial charge in [-0.15, -0.1) is 0 Å². The Morgan fingerprint density at radius 1 is 1.06 bits per heavy atom. The highest BCUT2D eigenvalue weighted by Crippen LogP contribution is 2.32. The van der Waals surface area contributed by atoms with E-state index in [4.69, 9.17) is 11.6 Å². The monoisotopic (exact) mass is 468 g/mol. The maximum atomic E-state index is 12.9. The molecule has 0 bridgehead atoms. The number of carbonyl (C=O) groups is 5. The Morgan fingerprint density at radius 2 is 1.76 bits per heavy atom. The van der Waals surface area contributed by atoms with E-state index < -0.39 is 29.2 Å². The van der Waals surface area contributed by atoms with E-state index >= 15 is 0 Å². The molecule has 1 unspecified atom stereocenters. The minimum absolute atomic E-state index is 0.116.